The molecule has 1 unspecified atom stereocenters. The van der Waals surface area contributed by atoms with E-state index in [4.69, 9.17) is 0 Å². The van der Waals surface area contributed by atoms with Crippen LogP contribution in [0, 0.1) is 0 Å². The minimum absolute atomic E-state index is 0.223. The van der Waals surface area contributed by atoms with Gasteiger partial charge in [-0.05, 0) is 42.9 Å². The third-order valence-electron chi connectivity index (χ3n) is 4.44. The summed E-state index contributed by atoms with van der Waals surface area (Å²) in [7, 11) is 4.07. The molecule has 0 radical (unpaired) electrons. The number of nitrogens with one attached hydrogen (secondary N) is 2. The molecular formula is C23H26N4O. The molecule has 5 nitrogen and oxygen atoms in total. The van der Waals surface area contributed by atoms with Crippen molar-refractivity contribution in [1.82, 2.24) is 20.5 Å². The Morgan fingerprint density at radius 2 is 1.61 bits per heavy atom. The van der Waals surface area contributed by atoms with Crippen molar-refractivity contribution in [2.24, 2.45) is 0 Å². The maximum absolute atomic E-state index is 12.6. The second-order valence-corrected chi connectivity index (χ2v) is 6.93. The van der Waals surface area contributed by atoms with E-state index in [2.05, 4.69) is 26.6 Å². The van der Waals surface area contributed by atoms with E-state index in [1.165, 1.54) is 5.56 Å². The number of benzene rings is 2. The second-order valence-electron chi connectivity index (χ2n) is 6.93. The van der Waals surface area contributed by atoms with Gasteiger partial charge in [0.1, 0.15) is 0 Å². The van der Waals surface area contributed by atoms with Gasteiger partial charge in [-0.25, -0.2) is 4.79 Å². The number of nitrogens with zero attached hydrogens (tertiary/aromatic N) is 2. The molecule has 1 atom stereocenters. The Bertz CT molecular complexity index is 842. The van der Waals surface area contributed by atoms with Gasteiger partial charge in [-0.15, -0.1) is 0 Å². The normalized spacial score (nSPS) is 11.8. The summed E-state index contributed by atoms with van der Waals surface area (Å²) in [4.78, 5) is 19.2. The third kappa shape index (κ3) is 5.41. The molecule has 0 aliphatic carbocycles. The number of carbonyl (C=O) groups excluding carboxylic acids is 1. The van der Waals surface area contributed by atoms with Gasteiger partial charge in [0.25, 0.3) is 0 Å². The first kappa shape index (κ1) is 19.6. The lowest BCUT2D eigenvalue weighted by molar-refractivity contribution is 0.238. The first-order valence-corrected chi connectivity index (χ1v) is 9.35. The van der Waals surface area contributed by atoms with Gasteiger partial charge in [-0.1, -0.05) is 60.7 Å². The van der Waals surface area contributed by atoms with Gasteiger partial charge in [0.2, 0.25) is 0 Å². The smallest absolute Gasteiger partial charge is 0.315 e. The number of amides is 2. The lowest BCUT2D eigenvalue weighted by Crippen LogP contribution is -2.38. The van der Waals surface area contributed by atoms with E-state index in [9.17, 15) is 4.79 Å². The number of urea groups is 1. The monoisotopic (exact) mass is 374 g/mol. The van der Waals surface area contributed by atoms with Crippen molar-refractivity contribution in [3.05, 3.63) is 101 Å². The Morgan fingerprint density at radius 3 is 2.29 bits per heavy atom. The van der Waals surface area contributed by atoms with Crippen molar-refractivity contribution in [3.8, 4) is 0 Å². The van der Waals surface area contributed by atoms with Crippen LogP contribution in [-0.2, 0) is 13.1 Å². The van der Waals surface area contributed by atoms with Crippen LogP contribution in [0.3, 0.4) is 0 Å². The average molecular weight is 374 g/mol. The summed E-state index contributed by atoms with van der Waals surface area (Å²) in [5.41, 5.74) is 4.11. The Labute approximate surface area is 166 Å². The largest absolute Gasteiger partial charge is 0.334 e. The molecule has 0 aliphatic rings. The molecule has 2 aromatic carbocycles. The van der Waals surface area contributed by atoms with Gasteiger partial charge in [0, 0.05) is 19.3 Å². The zero-order valence-electron chi connectivity index (χ0n) is 16.3. The zero-order chi connectivity index (χ0) is 19.8. The molecule has 0 aliphatic heterocycles. The summed E-state index contributed by atoms with van der Waals surface area (Å²) >= 11 is 0. The van der Waals surface area contributed by atoms with Crippen molar-refractivity contribution < 1.29 is 4.79 Å². The van der Waals surface area contributed by atoms with Crippen LogP contribution in [0.2, 0.25) is 0 Å². The van der Waals surface area contributed by atoms with Gasteiger partial charge in [-0.3, -0.25) is 4.98 Å². The van der Waals surface area contributed by atoms with Crippen LogP contribution in [0.4, 0.5) is 4.79 Å². The van der Waals surface area contributed by atoms with Crippen molar-refractivity contribution in [1.29, 1.82) is 0 Å². The molecule has 1 aromatic heterocycles. The van der Waals surface area contributed by atoms with Crippen molar-refractivity contribution in [2.75, 3.05) is 14.1 Å². The first-order valence-electron chi connectivity index (χ1n) is 9.35. The maximum atomic E-state index is 12.6. The molecule has 0 saturated carbocycles. The molecular weight excluding hydrogens is 348 g/mol. The van der Waals surface area contributed by atoms with Gasteiger partial charge in [-0.2, -0.15) is 0 Å². The van der Waals surface area contributed by atoms with Crippen molar-refractivity contribution >= 4 is 6.03 Å². The minimum Gasteiger partial charge on any atom is -0.334 e. The molecule has 5 heteroatoms. The van der Waals surface area contributed by atoms with Crippen molar-refractivity contribution in [3.63, 3.8) is 0 Å². The van der Waals surface area contributed by atoms with Crippen molar-refractivity contribution in [2.45, 2.75) is 19.1 Å². The summed E-state index contributed by atoms with van der Waals surface area (Å²) < 4.78 is 0. The van der Waals surface area contributed by atoms with Crippen LogP contribution in [0.1, 0.15) is 28.4 Å². The molecule has 0 bridgehead atoms. The Hall–Kier alpha value is -3.18. The van der Waals surface area contributed by atoms with E-state index in [0.29, 0.717) is 6.54 Å². The van der Waals surface area contributed by atoms with Gasteiger partial charge in [0.15, 0.2) is 0 Å². The average Bonchev–Trinajstić information content (AvgIpc) is 2.72. The predicted octanol–water partition coefficient (Wildman–Crippen LogP) is 3.73. The molecule has 3 aromatic rings. The number of hydrogen-bond acceptors (Lipinski definition) is 3. The molecule has 0 saturated heterocycles. The fourth-order valence-corrected chi connectivity index (χ4v) is 3.10. The molecule has 2 N–H and O–H groups in total. The van der Waals surface area contributed by atoms with E-state index in [-0.39, 0.29) is 12.1 Å². The first-order chi connectivity index (χ1) is 13.6. The molecule has 0 spiro atoms. The molecule has 144 valence electrons. The van der Waals surface area contributed by atoms with Gasteiger partial charge < -0.3 is 15.5 Å². The number of aromatic nitrogens is 1. The minimum atomic E-state index is -0.306. The number of hydrogen-bond donors (Lipinski definition) is 2. The molecule has 1 heterocycles. The van der Waals surface area contributed by atoms with Crippen LogP contribution in [0.15, 0.2) is 79.0 Å². The van der Waals surface area contributed by atoms with Crippen LogP contribution in [-0.4, -0.2) is 30.0 Å². The van der Waals surface area contributed by atoms with E-state index in [1.54, 1.807) is 6.20 Å². The number of pyridine rings is 1. The number of carbonyl (C=O) groups is 1. The highest BCUT2D eigenvalue weighted by molar-refractivity contribution is 5.75. The van der Waals surface area contributed by atoms with E-state index in [0.717, 1.165) is 23.4 Å². The molecule has 3 rings (SSSR count). The summed E-state index contributed by atoms with van der Waals surface area (Å²) in [5.74, 6) is 0. The zero-order valence-corrected chi connectivity index (χ0v) is 16.3. The lowest BCUT2D eigenvalue weighted by Gasteiger charge is -2.20. The molecule has 28 heavy (non-hydrogen) atoms. The van der Waals surface area contributed by atoms with Crippen LogP contribution < -0.4 is 10.6 Å². The highest BCUT2D eigenvalue weighted by atomic mass is 16.2. The van der Waals surface area contributed by atoms with Crippen LogP contribution in [0.25, 0.3) is 0 Å². The Morgan fingerprint density at radius 1 is 0.929 bits per heavy atom. The highest BCUT2D eigenvalue weighted by Crippen LogP contribution is 2.19. The van der Waals surface area contributed by atoms with E-state index >= 15 is 0 Å². The van der Waals surface area contributed by atoms with Crippen LogP contribution >= 0.6 is 0 Å². The lowest BCUT2D eigenvalue weighted by atomic mass is 10.0. The summed E-state index contributed by atoms with van der Waals surface area (Å²) in [6.45, 7) is 1.31. The van der Waals surface area contributed by atoms with Gasteiger partial charge >= 0.3 is 6.03 Å². The topological polar surface area (TPSA) is 57.3 Å². The quantitative estimate of drug-likeness (QED) is 0.662. The highest BCUT2D eigenvalue weighted by Gasteiger charge is 2.17. The Kier molecular flexibility index (Phi) is 6.76. The number of rotatable bonds is 7. The summed E-state index contributed by atoms with van der Waals surface area (Å²) in [6, 6.07) is 23.2. The molecule has 2 amide bonds. The van der Waals surface area contributed by atoms with Crippen LogP contribution in [0.5, 0.6) is 0 Å². The SMILES string of the molecule is CN(C)Cc1ccccc1CNC(=O)NC(c1ccccc1)c1ccccn1. The third-order valence-corrected chi connectivity index (χ3v) is 4.44. The van der Waals surface area contributed by atoms with E-state index < -0.39 is 0 Å². The molecule has 0 fully saturated rings. The predicted molar refractivity (Wildman–Crippen MR) is 112 cm³/mol. The fourth-order valence-electron chi connectivity index (χ4n) is 3.10. The standard InChI is InChI=1S/C23H26N4O/c1-27(2)17-20-13-7-6-12-19(20)16-25-23(28)26-22(18-10-4-3-5-11-18)21-14-8-9-15-24-21/h3-15,22H,16-17H2,1-2H3,(H2,25,26,28). The van der Waals surface area contributed by atoms with E-state index in [1.807, 2.05) is 80.8 Å². The van der Waals surface area contributed by atoms with Gasteiger partial charge in [0.05, 0.1) is 11.7 Å². The maximum Gasteiger partial charge on any atom is 0.315 e. The summed E-state index contributed by atoms with van der Waals surface area (Å²) in [6.07, 6.45) is 1.74. The summed E-state index contributed by atoms with van der Waals surface area (Å²) in [5, 5.41) is 6.04. The Balaban J connectivity index is 1.70. The second kappa shape index (κ2) is 9.67. The fraction of sp³-hybridized carbons (Fsp3) is 0.217.